The van der Waals surface area contributed by atoms with Crippen LogP contribution in [0.5, 0.6) is 0 Å². The van der Waals surface area contributed by atoms with Gasteiger partial charge in [-0.3, -0.25) is 10.1 Å². The Balaban J connectivity index is 2.31. The van der Waals surface area contributed by atoms with Gasteiger partial charge in [-0.25, -0.2) is 18.1 Å². The van der Waals surface area contributed by atoms with Crippen LogP contribution < -0.4 is 4.72 Å². The number of benzene rings is 1. The van der Waals surface area contributed by atoms with Crippen LogP contribution in [0.15, 0.2) is 32.9 Å². The Morgan fingerprint density at radius 2 is 2.19 bits per heavy atom. The summed E-state index contributed by atoms with van der Waals surface area (Å²) in [7, 11) is -4.00. The van der Waals surface area contributed by atoms with Crippen LogP contribution in [0.3, 0.4) is 0 Å². The van der Waals surface area contributed by atoms with Crippen LogP contribution in [-0.2, 0) is 16.6 Å². The van der Waals surface area contributed by atoms with Crippen LogP contribution in [-0.4, -0.2) is 18.3 Å². The summed E-state index contributed by atoms with van der Waals surface area (Å²) < 4.78 is 27.2. The first-order valence-electron chi connectivity index (χ1n) is 5.64. The van der Waals surface area contributed by atoms with Crippen LogP contribution in [0.25, 0.3) is 0 Å². The van der Waals surface area contributed by atoms with E-state index in [9.17, 15) is 18.5 Å². The zero-order chi connectivity index (χ0) is 15.6. The number of sulfonamides is 1. The summed E-state index contributed by atoms with van der Waals surface area (Å²) in [5, 5.41) is 13.5. The number of nitro benzene ring substituents is 1. The predicted octanol–water partition coefficient (Wildman–Crippen LogP) is 2.60. The number of nitrogens with one attached hydrogen (secondary N) is 1. The molecule has 0 bridgehead atoms. The molecule has 0 saturated heterocycles. The van der Waals surface area contributed by atoms with Crippen LogP contribution in [0.1, 0.15) is 10.7 Å². The van der Waals surface area contributed by atoms with Gasteiger partial charge < -0.3 is 0 Å². The molecule has 0 radical (unpaired) electrons. The van der Waals surface area contributed by atoms with E-state index in [-0.39, 0.29) is 11.4 Å². The van der Waals surface area contributed by atoms with E-state index in [2.05, 4.69) is 25.6 Å². The molecule has 1 aromatic heterocycles. The van der Waals surface area contributed by atoms with Crippen LogP contribution in [0, 0.1) is 17.0 Å². The van der Waals surface area contributed by atoms with E-state index in [0.717, 1.165) is 11.1 Å². The van der Waals surface area contributed by atoms with E-state index >= 15 is 0 Å². The summed E-state index contributed by atoms with van der Waals surface area (Å²) in [6.45, 7) is 1.79. The van der Waals surface area contributed by atoms with Gasteiger partial charge in [-0.1, -0.05) is 15.9 Å². The molecule has 0 atom stereocenters. The molecule has 21 heavy (non-hydrogen) atoms. The first-order chi connectivity index (χ1) is 9.79. The van der Waals surface area contributed by atoms with Crippen molar-refractivity contribution in [3.8, 4) is 0 Å². The largest absolute Gasteiger partial charge is 0.289 e. The van der Waals surface area contributed by atoms with E-state index in [4.69, 9.17) is 0 Å². The quantitative estimate of drug-likeness (QED) is 0.623. The second-order valence-electron chi connectivity index (χ2n) is 4.05. The summed E-state index contributed by atoms with van der Waals surface area (Å²) in [5.41, 5.74) is 0.0962. The number of hydrogen-bond donors (Lipinski definition) is 1. The van der Waals surface area contributed by atoms with E-state index in [1.54, 1.807) is 5.38 Å². The van der Waals surface area contributed by atoms with Gasteiger partial charge in [0.2, 0.25) is 10.0 Å². The van der Waals surface area contributed by atoms with Gasteiger partial charge in [0.05, 0.1) is 22.2 Å². The molecule has 1 N–H and O–H groups in total. The molecule has 10 heteroatoms. The third-order valence-electron chi connectivity index (χ3n) is 2.52. The minimum absolute atomic E-state index is 0.0175. The molecule has 0 saturated carbocycles. The maximum absolute atomic E-state index is 12.2. The Morgan fingerprint density at radius 1 is 1.48 bits per heavy atom. The van der Waals surface area contributed by atoms with Crippen molar-refractivity contribution in [1.29, 1.82) is 0 Å². The van der Waals surface area contributed by atoms with Crippen molar-refractivity contribution in [3.63, 3.8) is 0 Å². The van der Waals surface area contributed by atoms with Crippen molar-refractivity contribution < 1.29 is 13.3 Å². The first kappa shape index (κ1) is 16.0. The highest BCUT2D eigenvalue weighted by Crippen LogP contribution is 2.27. The zero-order valence-electron chi connectivity index (χ0n) is 10.7. The second-order valence-corrected chi connectivity index (χ2v) is 7.76. The lowest BCUT2D eigenvalue weighted by atomic mass is 10.3. The number of halogens is 1. The molecule has 2 aromatic rings. The molecular formula is C11H10BrN3O4S2. The highest BCUT2D eigenvalue weighted by molar-refractivity contribution is 9.10. The van der Waals surface area contributed by atoms with Crippen molar-refractivity contribution in [2.75, 3.05) is 0 Å². The summed E-state index contributed by atoms with van der Waals surface area (Å²) >= 11 is 4.51. The molecule has 1 aromatic carbocycles. The fourth-order valence-corrected chi connectivity index (χ4v) is 3.91. The van der Waals surface area contributed by atoms with Gasteiger partial charge in [0.25, 0.3) is 5.69 Å². The normalized spacial score (nSPS) is 11.5. The minimum Gasteiger partial charge on any atom is -0.258 e. The van der Waals surface area contributed by atoms with E-state index in [0.29, 0.717) is 10.2 Å². The predicted molar refractivity (Wildman–Crippen MR) is 81.7 cm³/mol. The van der Waals surface area contributed by atoms with E-state index < -0.39 is 20.6 Å². The van der Waals surface area contributed by atoms with Crippen LogP contribution >= 0.6 is 27.3 Å². The number of rotatable bonds is 5. The van der Waals surface area contributed by atoms with E-state index in [1.807, 2.05) is 6.92 Å². The number of nitrogens with zero attached hydrogens (tertiary/aromatic N) is 2. The topological polar surface area (TPSA) is 102 Å². The van der Waals surface area contributed by atoms with Crippen molar-refractivity contribution in [3.05, 3.63) is 48.9 Å². The lowest BCUT2D eigenvalue weighted by molar-refractivity contribution is -0.387. The summed E-state index contributed by atoms with van der Waals surface area (Å²) in [4.78, 5) is 14.0. The van der Waals surface area contributed by atoms with Gasteiger partial charge >= 0.3 is 0 Å². The van der Waals surface area contributed by atoms with Crippen LogP contribution in [0.4, 0.5) is 5.69 Å². The Kier molecular flexibility index (Phi) is 4.71. The lowest BCUT2D eigenvalue weighted by Gasteiger charge is -2.06. The van der Waals surface area contributed by atoms with Gasteiger partial charge in [0, 0.05) is 15.9 Å². The number of thiazole rings is 1. The maximum atomic E-state index is 12.2. The summed E-state index contributed by atoms with van der Waals surface area (Å²) in [5.74, 6) is 0. The molecule has 2 rings (SSSR count). The summed E-state index contributed by atoms with van der Waals surface area (Å²) in [6, 6.07) is 3.76. The smallest absolute Gasteiger partial charge is 0.258 e. The number of aromatic nitrogens is 1. The Morgan fingerprint density at radius 3 is 2.76 bits per heavy atom. The maximum Gasteiger partial charge on any atom is 0.289 e. The third kappa shape index (κ3) is 3.84. The lowest BCUT2D eigenvalue weighted by Crippen LogP contribution is -2.24. The fourth-order valence-electron chi connectivity index (χ4n) is 1.59. The average molecular weight is 392 g/mol. The monoisotopic (exact) mass is 391 g/mol. The average Bonchev–Trinajstić information content (AvgIpc) is 2.82. The molecule has 0 amide bonds. The molecule has 0 aliphatic rings. The second kappa shape index (κ2) is 6.18. The Bertz CT molecular complexity index is 789. The molecule has 112 valence electrons. The highest BCUT2D eigenvalue weighted by Gasteiger charge is 2.25. The van der Waals surface area contributed by atoms with Crippen LogP contribution in [0.2, 0.25) is 0 Å². The molecule has 0 spiro atoms. The fraction of sp³-hybridized carbons (Fsp3) is 0.182. The zero-order valence-corrected chi connectivity index (χ0v) is 14.0. The highest BCUT2D eigenvalue weighted by atomic mass is 79.9. The van der Waals surface area contributed by atoms with Crippen molar-refractivity contribution >= 4 is 43.0 Å². The minimum atomic E-state index is -4.00. The standard InChI is InChI=1S/C11H10BrN3O4S2/c1-7-14-9(6-20-7)5-13-21(18,19)11-4-8(12)2-3-10(11)15(16)17/h2-4,6,13H,5H2,1H3. The van der Waals surface area contributed by atoms with E-state index in [1.165, 1.54) is 23.5 Å². The van der Waals surface area contributed by atoms with Gasteiger partial charge in [0.15, 0.2) is 4.90 Å². The van der Waals surface area contributed by atoms with Gasteiger partial charge in [-0.05, 0) is 19.1 Å². The van der Waals surface area contributed by atoms with Crippen molar-refractivity contribution in [2.24, 2.45) is 0 Å². The van der Waals surface area contributed by atoms with Crippen molar-refractivity contribution in [2.45, 2.75) is 18.4 Å². The van der Waals surface area contributed by atoms with Crippen molar-refractivity contribution in [1.82, 2.24) is 9.71 Å². The molecule has 0 fully saturated rings. The molecule has 0 aliphatic heterocycles. The SMILES string of the molecule is Cc1nc(CNS(=O)(=O)c2cc(Br)ccc2[N+](=O)[O-])cs1. The number of nitro groups is 1. The summed E-state index contributed by atoms with van der Waals surface area (Å²) in [6.07, 6.45) is 0. The number of aryl methyl sites for hydroxylation is 1. The molecule has 7 nitrogen and oxygen atoms in total. The molecular weight excluding hydrogens is 382 g/mol. The Hall–Kier alpha value is -1.36. The number of hydrogen-bond acceptors (Lipinski definition) is 6. The van der Waals surface area contributed by atoms with Gasteiger partial charge in [0.1, 0.15) is 0 Å². The van der Waals surface area contributed by atoms with Gasteiger partial charge in [-0.2, -0.15) is 0 Å². The van der Waals surface area contributed by atoms with Gasteiger partial charge in [-0.15, -0.1) is 11.3 Å². The Labute approximate surface area is 133 Å². The molecule has 0 aliphatic carbocycles. The third-order valence-corrected chi connectivity index (χ3v) is 5.26. The first-order valence-corrected chi connectivity index (χ1v) is 8.80. The molecule has 0 unspecified atom stereocenters. The molecule has 1 heterocycles.